The van der Waals surface area contributed by atoms with Crippen LogP contribution in [0.1, 0.15) is 11.3 Å². The van der Waals surface area contributed by atoms with E-state index in [1.165, 1.54) is 0 Å². The Bertz CT molecular complexity index is 328. The molecule has 1 aromatic rings. The Kier molecular flexibility index (Phi) is 2.72. The zero-order valence-electron chi connectivity index (χ0n) is 8.29. The van der Waals surface area contributed by atoms with E-state index in [0.29, 0.717) is 12.4 Å². The van der Waals surface area contributed by atoms with E-state index in [2.05, 4.69) is 11.7 Å². The highest BCUT2D eigenvalue weighted by Crippen LogP contribution is 2.26. The molecule has 1 heterocycles. The number of hydrogen-bond donors (Lipinski definition) is 1. The van der Waals surface area contributed by atoms with Crippen LogP contribution in [0.3, 0.4) is 0 Å². The van der Waals surface area contributed by atoms with Gasteiger partial charge in [0.2, 0.25) is 5.88 Å². The fourth-order valence-electron chi connectivity index (χ4n) is 1.38. The summed E-state index contributed by atoms with van der Waals surface area (Å²) < 4.78 is 6.89. The average Bonchev–Trinajstić information content (AvgIpc) is 2.39. The summed E-state index contributed by atoms with van der Waals surface area (Å²) in [6, 6.07) is 0. The van der Waals surface area contributed by atoms with Crippen molar-refractivity contribution < 1.29 is 4.74 Å². The van der Waals surface area contributed by atoms with Crippen molar-refractivity contribution in [3.05, 3.63) is 17.8 Å². The quantitative estimate of drug-likeness (QED) is 0.747. The molecule has 72 valence electrons. The molecule has 0 bridgehead atoms. The van der Waals surface area contributed by atoms with E-state index < -0.39 is 0 Å². The number of nitrogens with zero attached hydrogens (tertiary/aromatic N) is 2. The molecule has 0 aliphatic carbocycles. The fraction of sp³-hybridized carbons (Fsp3) is 0.444. The van der Waals surface area contributed by atoms with E-state index in [-0.39, 0.29) is 0 Å². The van der Waals surface area contributed by atoms with E-state index >= 15 is 0 Å². The topological polar surface area (TPSA) is 53.1 Å². The highest BCUT2D eigenvalue weighted by molar-refractivity contribution is 5.70. The molecule has 0 atom stereocenters. The second kappa shape index (κ2) is 3.62. The van der Waals surface area contributed by atoms with Crippen molar-refractivity contribution >= 4 is 5.57 Å². The first kappa shape index (κ1) is 9.80. The minimum absolute atomic E-state index is 0.420. The maximum atomic E-state index is 5.51. The van der Waals surface area contributed by atoms with Gasteiger partial charge in [0.25, 0.3) is 0 Å². The van der Waals surface area contributed by atoms with Gasteiger partial charge in [-0.1, -0.05) is 6.58 Å². The molecular formula is C9H15N3O. The smallest absolute Gasteiger partial charge is 0.219 e. The van der Waals surface area contributed by atoms with Crippen LogP contribution < -0.4 is 10.5 Å². The van der Waals surface area contributed by atoms with Gasteiger partial charge in [0.05, 0.1) is 18.4 Å². The molecule has 0 saturated heterocycles. The van der Waals surface area contributed by atoms with Gasteiger partial charge in [0.15, 0.2) is 0 Å². The molecule has 0 aliphatic heterocycles. The van der Waals surface area contributed by atoms with Crippen molar-refractivity contribution in [2.45, 2.75) is 6.92 Å². The van der Waals surface area contributed by atoms with Crippen molar-refractivity contribution in [2.24, 2.45) is 12.8 Å². The van der Waals surface area contributed by atoms with Gasteiger partial charge in [0.1, 0.15) is 0 Å². The standard InChI is InChI=1S/C9H15N3O/c1-6(5-10)8-7(2)11-12(3)9(8)13-4/h1,5,10H2,2-4H3. The molecule has 2 N–H and O–H groups in total. The fourth-order valence-corrected chi connectivity index (χ4v) is 1.38. The van der Waals surface area contributed by atoms with Crippen LogP contribution in [-0.2, 0) is 7.05 Å². The number of hydrogen-bond acceptors (Lipinski definition) is 3. The van der Waals surface area contributed by atoms with Crippen LogP contribution in [-0.4, -0.2) is 23.4 Å². The van der Waals surface area contributed by atoms with Crippen LogP contribution >= 0.6 is 0 Å². The molecule has 0 radical (unpaired) electrons. The lowest BCUT2D eigenvalue weighted by atomic mass is 10.1. The molecule has 1 aromatic heterocycles. The second-order valence-electron chi connectivity index (χ2n) is 2.90. The van der Waals surface area contributed by atoms with Gasteiger partial charge in [-0.15, -0.1) is 0 Å². The van der Waals surface area contributed by atoms with Crippen molar-refractivity contribution in [1.29, 1.82) is 0 Å². The largest absolute Gasteiger partial charge is 0.481 e. The van der Waals surface area contributed by atoms with E-state index in [9.17, 15) is 0 Å². The molecule has 0 unspecified atom stereocenters. The van der Waals surface area contributed by atoms with Crippen LogP contribution in [0, 0.1) is 6.92 Å². The zero-order chi connectivity index (χ0) is 10.0. The van der Waals surface area contributed by atoms with Crippen molar-refractivity contribution in [3.63, 3.8) is 0 Å². The minimum atomic E-state index is 0.420. The zero-order valence-corrected chi connectivity index (χ0v) is 8.29. The molecule has 4 nitrogen and oxygen atoms in total. The first-order valence-corrected chi connectivity index (χ1v) is 4.07. The third kappa shape index (κ3) is 1.58. The maximum absolute atomic E-state index is 5.51. The Balaban J connectivity index is 3.24. The van der Waals surface area contributed by atoms with Crippen LogP contribution in [0.4, 0.5) is 0 Å². The van der Waals surface area contributed by atoms with Gasteiger partial charge in [-0.05, 0) is 12.5 Å². The van der Waals surface area contributed by atoms with E-state index in [0.717, 1.165) is 16.8 Å². The molecule has 0 aromatic carbocycles. The van der Waals surface area contributed by atoms with Gasteiger partial charge in [-0.3, -0.25) is 0 Å². The predicted octanol–water partition coefficient (Wildman–Crippen LogP) is 0.709. The Morgan fingerprint density at radius 3 is 2.77 bits per heavy atom. The molecule has 0 fully saturated rings. The lowest BCUT2D eigenvalue weighted by Gasteiger charge is -2.05. The van der Waals surface area contributed by atoms with E-state index in [1.807, 2.05) is 14.0 Å². The van der Waals surface area contributed by atoms with Crippen molar-refractivity contribution in [1.82, 2.24) is 9.78 Å². The van der Waals surface area contributed by atoms with Gasteiger partial charge >= 0.3 is 0 Å². The highest BCUT2D eigenvalue weighted by atomic mass is 16.5. The summed E-state index contributed by atoms with van der Waals surface area (Å²) in [6.07, 6.45) is 0. The summed E-state index contributed by atoms with van der Waals surface area (Å²) in [5, 5.41) is 4.23. The van der Waals surface area contributed by atoms with E-state index in [1.54, 1.807) is 11.8 Å². The summed E-state index contributed by atoms with van der Waals surface area (Å²) in [4.78, 5) is 0. The Labute approximate surface area is 78.0 Å². The summed E-state index contributed by atoms with van der Waals surface area (Å²) in [7, 11) is 3.45. The molecule has 0 amide bonds. The maximum Gasteiger partial charge on any atom is 0.219 e. The molecular weight excluding hydrogens is 166 g/mol. The van der Waals surface area contributed by atoms with Crippen LogP contribution in [0.2, 0.25) is 0 Å². The Morgan fingerprint density at radius 1 is 1.69 bits per heavy atom. The number of ether oxygens (including phenoxy) is 1. The second-order valence-corrected chi connectivity index (χ2v) is 2.90. The Morgan fingerprint density at radius 2 is 2.31 bits per heavy atom. The lowest BCUT2D eigenvalue weighted by Crippen LogP contribution is -2.03. The molecule has 13 heavy (non-hydrogen) atoms. The van der Waals surface area contributed by atoms with Gasteiger partial charge in [-0.2, -0.15) is 5.10 Å². The van der Waals surface area contributed by atoms with Gasteiger partial charge in [-0.25, -0.2) is 4.68 Å². The number of aryl methyl sites for hydroxylation is 2. The van der Waals surface area contributed by atoms with Crippen LogP contribution in [0.15, 0.2) is 6.58 Å². The van der Waals surface area contributed by atoms with Crippen molar-refractivity contribution in [2.75, 3.05) is 13.7 Å². The SMILES string of the molecule is C=C(CN)c1c(C)nn(C)c1OC. The number of methoxy groups -OCH3 is 1. The molecule has 1 rings (SSSR count). The lowest BCUT2D eigenvalue weighted by molar-refractivity contribution is 0.372. The third-order valence-electron chi connectivity index (χ3n) is 1.96. The number of rotatable bonds is 3. The monoisotopic (exact) mass is 181 g/mol. The first-order chi connectivity index (χ1) is 6.11. The molecule has 0 spiro atoms. The Hall–Kier alpha value is -1.29. The van der Waals surface area contributed by atoms with Crippen molar-refractivity contribution in [3.8, 4) is 5.88 Å². The molecule has 4 heteroatoms. The van der Waals surface area contributed by atoms with Crippen LogP contribution in [0.25, 0.3) is 5.57 Å². The normalized spacial score (nSPS) is 10.2. The van der Waals surface area contributed by atoms with Crippen LogP contribution in [0.5, 0.6) is 5.88 Å². The molecule has 0 saturated carbocycles. The van der Waals surface area contributed by atoms with Gasteiger partial charge < -0.3 is 10.5 Å². The molecule has 0 aliphatic rings. The number of nitrogens with two attached hydrogens (primary N) is 1. The summed E-state index contributed by atoms with van der Waals surface area (Å²) >= 11 is 0. The minimum Gasteiger partial charge on any atom is -0.481 e. The first-order valence-electron chi connectivity index (χ1n) is 4.07. The summed E-state index contributed by atoms with van der Waals surface area (Å²) in [5.74, 6) is 0.716. The third-order valence-corrected chi connectivity index (χ3v) is 1.96. The highest BCUT2D eigenvalue weighted by Gasteiger charge is 2.15. The average molecular weight is 181 g/mol. The predicted molar refractivity (Wildman–Crippen MR) is 52.6 cm³/mol. The summed E-state index contributed by atoms with van der Waals surface area (Å²) in [6.45, 7) is 6.20. The summed E-state index contributed by atoms with van der Waals surface area (Å²) in [5.41, 5.74) is 8.18. The van der Waals surface area contributed by atoms with E-state index in [4.69, 9.17) is 10.5 Å². The number of aromatic nitrogens is 2. The van der Waals surface area contributed by atoms with Gasteiger partial charge in [0, 0.05) is 13.6 Å².